The topological polar surface area (TPSA) is 93.0 Å². The first-order chi connectivity index (χ1) is 15.9. The number of nitrogens with one attached hydrogen (secondary N) is 1. The van der Waals surface area contributed by atoms with Crippen molar-refractivity contribution in [2.75, 3.05) is 44.2 Å². The summed E-state index contributed by atoms with van der Waals surface area (Å²) in [5, 5.41) is 19.3. The largest absolute Gasteiger partial charge is 0.595 e. The number of quaternary nitrogens is 1. The van der Waals surface area contributed by atoms with E-state index >= 15 is 0 Å². The molecule has 6 rings (SSSR count). The Morgan fingerprint density at radius 2 is 1.91 bits per heavy atom. The molecule has 180 valence electrons. The maximum absolute atomic E-state index is 12.9. The molecule has 5 aliphatic rings. The maximum Gasteiger partial charge on any atom is 0.310 e. The second kappa shape index (κ2) is 7.92. The first kappa shape index (κ1) is 21.8. The molecular formula is C25H35N3O5. The van der Waals surface area contributed by atoms with Gasteiger partial charge in [-0.15, -0.1) is 0 Å². The van der Waals surface area contributed by atoms with Gasteiger partial charge in [0.25, 0.3) is 0 Å². The zero-order valence-corrected chi connectivity index (χ0v) is 19.4. The molecule has 8 heteroatoms. The molecule has 8 nitrogen and oxygen atoms in total. The van der Waals surface area contributed by atoms with Crippen LogP contribution in [0.5, 0.6) is 0 Å². The number of carbonyl (C=O) groups is 1. The number of epoxide rings is 1. The zero-order chi connectivity index (χ0) is 22.8. The van der Waals surface area contributed by atoms with E-state index in [9.17, 15) is 10.0 Å². The highest BCUT2D eigenvalue weighted by Crippen LogP contribution is 2.62. The van der Waals surface area contributed by atoms with E-state index in [4.69, 9.17) is 14.7 Å². The van der Waals surface area contributed by atoms with Crippen LogP contribution in [0.3, 0.4) is 0 Å². The molecule has 1 aromatic rings. The van der Waals surface area contributed by atoms with Crippen molar-refractivity contribution in [2.45, 2.75) is 50.7 Å². The highest BCUT2D eigenvalue weighted by molar-refractivity contribution is 5.75. The molecule has 0 bridgehead atoms. The molecule has 0 radical (unpaired) electrons. The van der Waals surface area contributed by atoms with Crippen LogP contribution in [0.1, 0.15) is 39.0 Å². The Hall–Kier alpha value is -1.71. The van der Waals surface area contributed by atoms with Gasteiger partial charge in [-0.2, -0.15) is 5.23 Å². The number of piperazine rings is 1. The van der Waals surface area contributed by atoms with Crippen molar-refractivity contribution in [3.05, 3.63) is 29.5 Å². The maximum atomic E-state index is 12.9. The molecule has 5 fully saturated rings. The summed E-state index contributed by atoms with van der Waals surface area (Å²) in [6, 6.07) is 7.10. The minimum atomic E-state index is -0.899. The predicted octanol–water partition coefficient (Wildman–Crippen LogP) is 1.74. The molecule has 2 N–H and O–H groups in total. The molecule has 2 saturated carbocycles. The summed E-state index contributed by atoms with van der Waals surface area (Å²) in [5.41, 5.74) is 1.70. The lowest BCUT2D eigenvalue weighted by atomic mass is 9.53. The smallest absolute Gasteiger partial charge is 0.310 e. The number of ether oxygens (including phenoxy) is 2. The van der Waals surface area contributed by atoms with Gasteiger partial charge < -0.3 is 19.6 Å². The SMILES string of the molecule is C[C@]12CCC[C@]3(CO3)[C@@H]1C[C@H]1[C@H](CN3CCN(c4ccc([NH+]([O-])O)cc4)CC3)C(=O)O[C@@H]1C2. The number of fused-ring (bicyclic) bond motifs is 3. The second-order valence-electron chi connectivity index (χ2n) is 11.2. The number of esters is 1. The summed E-state index contributed by atoms with van der Waals surface area (Å²) in [7, 11) is 0. The third-order valence-corrected chi connectivity index (χ3v) is 9.39. The fourth-order valence-electron chi connectivity index (χ4n) is 7.45. The van der Waals surface area contributed by atoms with E-state index in [0.717, 1.165) is 57.9 Å². The number of carbonyl (C=O) groups excluding carboxylic acids is 1. The second-order valence-corrected chi connectivity index (χ2v) is 11.2. The van der Waals surface area contributed by atoms with Crippen LogP contribution < -0.4 is 10.1 Å². The van der Waals surface area contributed by atoms with Crippen molar-refractivity contribution in [3.63, 3.8) is 0 Å². The van der Waals surface area contributed by atoms with Gasteiger partial charge in [-0.1, -0.05) is 6.92 Å². The average molecular weight is 458 g/mol. The molecule has 1 unspecified atom stereocenters. The van der Waals surface area contributed by atoms with E-state index in [2.05, 4.69) is 16.7 Å². The highest BCUT2D eigenvalue weighted by Gasteiger charge is 2.65. The predicted molar refractivity (Wildman–Crippen MR) is 121 cm³/mol. The van der Waals surface area contributed by atoms with Crippen molar-refractivity contribution in [3.8, 4) is 0 Å². The molecule has 1 spiro atoms. The molecule has 3 heterocycles. The molecule has 0 amide bonds. The van der Waals surface area contributed by atoms with E-state index < -0.39 is 5.23 Å². The monoisotopic (exact) mass is 457 g/mol. The van der Waals surface area contributed by atoms with Crippen molar-refractivity contribution < 1.29 is 24.7 Å². The lowest BCUT2D eigenvalue weighted by molar-refractivity contribution is -0.991. The van der Waals surface area contributed by atoms with E-state index in [1.54, 1.807) is 12.1 Å². The molecular weight excluding hydrogens is 422 g/mol. The zero-order valence-electron chi connectivity index (χ0n) is 19.4. The Morgan fingerprint density at radius 1 is 1.18 bits per heavy atom. The quantitative estimate of drug-likeness (QED) is 0.404. The Bertz CT molecular complexity index is 896. The minimum absolute atomic E-state index is 0.00435. The molecule has 1 aromatic carbocycles. The summed E-state index contributed by atoms with van der Waals surface area (Å²) < 4.78 is 12.0. The Morgan fingerprint density at radius 3 is 2.58 bits per heavy atom. The van der Waals surface area contributed by atoms with Gasteiger partial charge in [0.1, 0.15) is 6.10 Å². The third kappa shape index (κ3) is 3.76. The standard InChI is InChI=1S/C25H35N3O5/c1-24-7-2-8-25(16-32-25)22(24)13-19-20(23(29)33-21(19)14-24)15-26-9-11-27(12-10-26)17-3-5-18(6-4-17)28(30)31/h3-6,19-22,28,30H,2,7-16H2,1H3/t19-,20-,21+,22+,24+,25-/m0/s1. The van der Waals surface area contributed by atoms with E-state index in [0.29, 0.717) is 17.5 Å². The van der Waals surface area contributed by atoms with Crippen LogP contribution >= 0.6 is 0 Å². The summed E-state index contributed by atoms with van der Waals surface area (Å²) in [4.78, 5) is 17.6. The van der Waals surface area contributed by atoms with E-state index in [1.165, 1.54) is 19.3 Å². The number of hydrogen-bond acceptors (Lipinski definition) is 7. The molecule has 2 aliphatic carbocycles. The van der Waals surface area contributed by atoms with Gasteiger partial charge in [0.05, 0.1) is 18.1 Å². The molecule has 7 atom stereocenters. The fraction of sp³-hybridized carbons (Fsp3) is 0.720. The van der Waals surface area contributed by atoms with Gasteiger partial charge in [0.15, 0.2) is 5.69 Å². The van der Waals surface area contributed by atoms with Crippen LogP contribution in [-0.4, -0.2) is 67.1 Å². The Kier molecular flexibility index (Phi) is 5.23. The van der Waals surface area contributed by atoms with Gasteiger partial charge in [0, 0.05) is 56.5 Å². The Labute approximate surface area is 195 Å². The number of rotatable bonds is 4. The molecule has 33 heavy (non-hydrogen) atoms. The van der Waals surface area contributed by atoms with Crippen LogP contribution in [0.2, 0.25) is 0 Å². The van der Waals surface area contributed by atoms with Crippen molar-refractivity contribution in [1.82, 2.24) is 4.90 Å². The summed E-state index contributed by atoms with van der Waals surface area (Å²) >= 11 is 0. The summed E-state index contributed by atoms with van der Waals surface area (Å²) in [6.07, 6.45) is 5.77. The van der Waals surface area contributed by atoms with Crippen molar-refractivity contribution >= 4 is 17.3 Å². The van der Waals surface area contributed by atoms with Gasteiger partial charge >= 0.3 is 5.97 Å². The van der Waals surface area contributed by atoms with Gasteiger partial charge in [-0.05, 0) is 55.6 Å². The minimum Gasteiger partial charge on any atom is -0.595 e. The first-order valence-electron chi connectivity index (χ1n) is 12.5. The number of nitrogens with zero attached hydrogens (tertiary/aromatic N) is 2. The lowest BCUT2D eigenvalue weighted by Crippen LogP contribution is -2.99. The van der Waals surface area contributed by atoms with Crippen LogP contribution in [-0.2, 0) is 14.3 Å². The lowest BCUT2D eigenvalue weighted by Gasteiger charge is -2.51. The van der Waals surface area contributed by atoms with Crippen LogP contribution in [0.25, 0.3) is 0 Å². The van der Waals surface area contributed by atoms with Crippen molar-refractivity contribution in [2.24, 2.45) is 23.2 Å². The van der Waals surface area contributed by atoms with E-state index in [-0.39, 0.29) is 29.0 Å². The van der Waals surface area contributed by atoms with Gasteiger partial charge in [-0.3, -0.25) is 9.69 Å². The number of anilines is 1. The Balaban J connectivity index is 1.09. The first-order valence-corrected chi connectivity index (χ1v) is 12.5. The van der Waals surface area contributed by atoms with Crippen LogP contribution in [0.4, 0.5) is 11.4 Å². The van der Waals surface area contributed by atoms with Crippen LogP contribution in [0.15, 0.2) is 24.3 Å². The third-order valence-electron chi connectivity index (χ3n) is 9.39. The molecule has 3 saturated heterocycles. The number of hydrogen-bond donors (Lipinski definition) is 2. The highest BCUT2D eigenvalue weighted by atomic mass is 16.8. The molecule has 0 aromatic heterocycles. The van der Waals surface area contributed by atoms with Crippen LogP contribution in [0, 0.1) is 28.4 Å². The van der Waals surface area contributed by atoms with Gasteiger partial charge in [-0.25, -0.2) is 5.21 Å². The number of benzene rings is 1. The van der Waals surface area contributed by atoms with E-state index in [1.807, 2.05) is 12.1 Å². The van der Waals surface area contributed by atoms with Gasteiger partial charge in [0.2, 0.25) is 0 Å². The summed E-state index contributed by atoms with van der Waals surface area (Å²) in [6.45, 7) is 7.63. The van der Waals surface area contributed by atoms with Crippen molar-refractivity contribution in [1.29, 1.82) is 0 Å². The molecule has 3 aliphatic heterocycles. The normalized spacial score (nSPS) is 41.4. The average Bonchev–Trinajstić information content (AvgIpc) is 3.51. The summed E-state index contributed by atoms with van der Waals surface area (Å²) in [5.74, 6) is 0.849. The fourth-order valence-corrected chi connectivity index (χ4v) is 7.45.